The first kappa shape index (κ1) is 20.5. The van der Waals surface area contributed by atoms with Crippen molar-refractivity contribution in [2.45, 2.75) is 28.7 Å². The maximum Gasteiger partial charge on any atom is 0.253 e. The van der Waals surface area contributed by atoms with Gasteiger partial charge in [-0.1, -0.05) is 24.3 Å². The van der Waals surface area contributed by atoms with Crippen LogP contribution in [-0.2, 0) is 19.9 Å². The molecule has 1 amide bonds. The van der Waals surface area contributed by atoms with Crippen molar-refractivity contribution in [1.29, 1.82) is 0 Å². The van der Waals surface area contributed by atoms with E-state index in [0.29, 0.717) is 24.9 Å². The van der Waals surface area contributed by atoms with Crippen LogP contribution >= 0.6 is 0 Å². The van der Waals surface area contributed by atoms with E-state index in [1.165, 1.54) is 18.2 Å². The Labute approximate surface area is 165 Å². The zero-order chi connectivity index (χ0) is 20.4. The van der Waals surface area contributed by atoms with Gasteiger partial charge in [0.05, 0.1) is 9.79 Å². The standard InChI is InChI=1S/C19H22N2O5S2/c1-27(23,24)17-10-5-11-18(13-17)28(25,26)20-16-9-6-12-21(14-16)19(22)15-7-3-2-4-8-15/h2-5,7-8,10-11,13,16,20H,6,9,12,14H2,1H3. The Morgan fingerprint density at radius 3 is 2.36 bits per heavy atom. The molecule has 1 unspecified atom stereocenters. The summed E-state index contributed by atoms with van der Waals surface area (Å²) in [6.07, 6.45) is 2.30. The van der Waals surface area contributed by atoms with Gasteiger partial charge in [0.1, 0.15) is 0 Å². The summed E-state index contributed by atoms with van der Waals surface area (Å²) in [5.41, 5.74) is 0.562. The van der Waals surface area contributed by atoms with E-state index in [4.69, 9.17) is 0 Å². The van der Waals surface area contributed by atoms with E-state index in [9.17, 15) is 21.6 Å². The lowest BCUT2D eigenvalue weighted by Gasteiger charge is -2.33. The topological polar surface area (TPSA) is 101 Å². The molecule has 1 fully saturated rings. The average Bonchev–Trinajstić information content (AvgIpc) is 2.67. The van der Waals surface area contributed by atoms with E-state index in [1.807, 2.05) is 6.07 Å². The monoisotopic (exact) mass is 422 g/mol. The molecule has 3 rings (SSSR count). The summed E-state index contributed by atoms with van der Waals surface area (Å²) in [5, 5.41) is 0. The van der Waals surface area contributed by atoms with Gasteiger partial charge in [0.25, 0.3) is 5.91 Å². The predicted octanol–water partition coefficient (Wildman–Crippen LogP) is 1.67. The number of hydrogen-bond donors (Lipinski definition) is 1. The quantitative estimate of drug-likeness (QED) is 0.790. The van der Waals surface area contributed by atoms with E-state index in [2.05, 4.69) is 4.72 Å². The van der Waals surface area contributed by atoms with Crippen LogP contribution in [-0.4, -0.2) is 53.0 Å². The zero-order valence-electron chi connectivity index (χ0n) is 15.4. The van der Waals surface area contributed by atoms with Crippen LogP contribution in [0.5, 0.6) is 0 Å². The molecule has 2 aromatic rings. The Balaban J connectivity index is 1.75. The number of likely N-dealkylation sites (tertiary alicyclic amines) is 1. The van der Waals surface area contributed by atoms with Gasteiger partial charge in [0, 0.05) is 31.0 Å². The van der Waals surface area contributed by atoms with Gasteiger partial charge in [0.15, 0.2) is 9.84 Å². The molecule has 7 nitrogen and oxygen atoms in total. The Hall–Kier alpha value is -2.23. The normalized spacial score (nSPS) is 18.0. The number of hydrogen-bond acceptors (Lipinski definition) is 5. The van der Waals surface area contributed by atoms with E-state index in [0.717, 1.165) is 12.3 Å². The van der Waals surface area contributed by atoms with Crippen LogP contribution in [0.4, 0.5) is 0 Å². The molecule has 0 aliphatic carbocycles. The van der Waals surface area contributed by atoms with E-state index >= 15 is 0 Å². The zero-order valence-corrected chi connectivity index (χ0v) is 17.0. The molecule has 0 saturated carbocycles. The molecule has 0 bridgehead atoms. The van der Waals surface area contributed by atoms with Gasteiger partial charge in [-0.25, -0.2) is 21.6 Å². The fourth-order valence-corrected chi connectivity index (χ4v) is 5.23. The molecule has 1 aliphatic rings. The lowest BCUT2D eigenvalue weighted by molar-refractivity contribution is 0.0703. The third kappa shape index (κ3) is 4.78. The summed E-state index contributed by atoms with van der Waals surface area (Å²) in [6.45, 7) is 0.828. The Bertz CT molecular complexity index is 1070. The second-order valence-corrected chi connectivity index (χ2v) is 10.6. The van der Waals surface area contributed by atoms with E-state index in [1.54, 1.807) is 29.2 Å². The van der Waals surface area contributed by atoms with Crippen LogP contribution in [0.15, 0.2) is 64.4 Å². The molecule has 1 saturated heterocycles. The fourth-order valence-electron chi connectivity index (χ4n) is 3.18. The lowest BCUT2D eigenvalue weighted by Crippen LogP contribution is -2.49. The summed E-state index contributed by atoms with van der Waals surface area (Å²) in [4.78, 5) is 14.1. The van der Waals surface area contributed by atoms with Crippen LogP contribution in [0, 0.1) is 0 Å². The van der Waals surface area contributed by atoms with Crippen molar-refractivity contribution in [1.82, 2.24) is 9.62 Å². The molecule has 0 radical (unpaired) electrons. The van der Waals surface area contributed by atoms with Crippen LogP contribution in [0.2, 0.25) is 0 Å². The number of amides is 1. The molecule has 9 heteroatoms. The molecular weight excluding hydrogens is 400 g/mol. The van der Waals surface area contributed by atoms with Gasteiger partial charge in [-0.05, 0) is 43.2 Å². The van der Waals surface area contributed by atoms with Crippen LogP contribution in [0.25, 0.3) is 0 Å². The minimum atomic E-state index is -3.91. The maximum absolute atomic E-state index is 12.7. The highest BCUT2D eigenvalue weighted by molar-refractivity contribution is 7.91. The highest BCUT2D eigenvalue weighted by Crippen LogP contribution is 2.19. The highest BCUT2D eigenvalue weighted by atomic mass is 32.2. The predicted molar refractivity (Wildman–Crippen MR) is 105 cm³/mol. The number of carbonyl (C=O) groups excluding carboxylic acids is 1. The number of rotatable bonds is 5. The van der Waals surface area contributed by atoms with Gasteiger partial charge in [-0.2, -0.15) is 0 Å². The lowest BCUT2D eigenvalue weighted by atomic mass is 10.1. The van der Waals surface area contributed by atoms with E-state index < -0.39 is 25.9 Å². The van der Waals surface area contributed by atoms with Gasteiger partial charge in [-0.3, -0.25) is 4.79 Å². The van der Waals surface area contributed by atoms with Crippen molar-refractivity contribution in [3.05, 3.63) is 60.2 Å². The summed E-state index contributed by atoms with van der Waals surface area (Å²) in [5.74, 6) is -0.136. The first-order valence-corrected chi connectivity index (χ1v) is 12.2. The number of sulfone groups is 1. The molecule has 1 aliphatic heterocycles. The molecule has 1 atom stereocenters. The molecule has 0 spiro atoms. The van der Waals surface area contributed by atoms with Gasteiger partial charge in [-0.15, -0.1) is 0 Å². The largest absolute Gasteiger partial charge is 0.337 e. The highest BCUT2D eigenvalue weighted by Gasteiger charge is 2.28. The summed E-state index contributed by atoms with van der Waals surface area (Å²) in [7, 11) is -7.42. The molecule has 2 aromatic carbocycles. The molecular formula is C19H22N2O5S2. The first-order chi connectivity index (χ1) is 13.2. The minimum absolute atomic E-state index is 0.0556. The van der Waals surface area contributed by atoms with Crippen molar-refractivity contribution in [3.63, 3.8) is 0 Å². The van der Waals surface area contributed by atoms with Crippen molar-refractivity contribution < 1.29 is 21.6 Å². The third-order valence-corrected chi connectivity index (χ3v) is 7.22. The van der Waals surface area contributed by atoms with Crippen LogP contribution in [0.3, 0.4) is 0 Å². The number of sulfonamides is 1. The van der Waals surface area contributed by atoms with Crippen molar-refractivity contribution in [3.8, 4) is 0 Å². The van der Waals surface area contributed by atoms with Crippen molar-refractivity contribution in [2.24, 2.45) is 0 Å². The van der Waals surface area contributed by atoms with Gasteiger partial charge < -0.3 is 4.90 Å². The van der Waals surface area contributed by atoms with Crippen LogP contribution < -0.4 is 4.72 Å². The third-order valence-electron chi connectivity index (χ3n) is 4.60. The smallest absolute Gasteiger partial charge is 0.253 e. The van der Waals surface area contributed by atoms with Gasteiger partial charge >= 0.3 is 0 Å². The second kappa shape index (κ2) is 8.02. The molecule has 1 N–H and O–H groups in total. The molecule has 150 valence electrons. The van der Waals surface area contributed by atoms with E-state index in [-0.39, 0.29) is 22.2 Å². The number of nitrogens with one attached hydrogen (secondary N) is 1. The molecule has 1 heterocycles. The summed E-state index contributed by atoms with van der Waals surface area (Å²) in [6, 6.07) is 13.7. The summed E-state index contributed by atoms with van der Waals surface area (Å²) < 4.78 is 51.4. The average molecular weight is 423 g/mol. The second-order valence-electron chi connectivity index (χ2n) is 6.82. The van der Waals surface area contributed by atoms with Crippen LogP contribution in [0.1, 0.15) is 23.2 Å². The first-order valence-electron chi connectivity index (χ1n) is 8.83. The maximum atomic E-state index is 12.7. The summed E-state index contributed by atoms with van der Waals surface area (Å²) >= 11 is 0. The number of benzene rings is 2. The minimum Gasteiger partial charge on any atom is -0.337 e. The van der Waals surface area contributed by atoms with Gasteiger partial charge in [0.2, 0.25) is 10.0 Å². The number of piperidine rings is 1. The fraction of sp³-hybridized carbons (Fsp3) is 0.316. The number of nitrogens with zero attached hydrogens (tertiary/aromatic N) is 1. The Morgan fingerprint density at radius 1 is 1.00 bits per heavy atom. The van der Waals surface area contributed by atoms with Crippen molar-refractivity contribution >= 4 is 25.8 Å². The molecule has 28 heavy (non-hydrogen) atoms. The Kier molecular flexibility index (Phi) is 5.87. The molecule has 0 aromatic heterocycles. The SMILES string of the molecule is CS(=O)(=O)c1cccc(S(=O)(=O)NC2CCCN(C(=O)c3ccccc3)C2)c1. The Morgan fingerprint density at radius 2 is 1.68 bits per heavy atom. The number of carbonyl (C=O) groups is 1. The van der Waals surface area contributed by atoms with Crippen molar-refractivity contribution in [2.75, 3.05) is 19.3 Å².